The molecule has 0 bridgehead atoms. The van der Waals surface area contributed by atoms with E-state index in [2.05, 4.69) is 22.1 Å². The number of piperazine rings is 1. The number of nitro benzene ring substituents is 1. The van der Waals surface area contributed by atoms with Gasteiger partial charge in [-0.2, -0.15) is 0 Å². The minimum Gasteiger partial charge on any atom is -0.383 e. The number of nitro groups is 1. The molecule has 3 aromatic rings. The van der Waals surface area contributed by atoms with E-state index >= 15 is 0 Å². The first kappa shape index (κ1) is 24.8. The first-order chi connectivity index (χ1) is 17.0. The standard InChI is InChI=1S/C24H28N6O4S/c1-27-11-13-28(14-12-27)23(31)19-8-4-3-7-18(19)17-35-24-26-25-22(29(24)15-16-34-2)20-9-5-6-10-21(20)30(32)33/h3-10H,11-17H2,1-2H3. The number of rotatable bonds is 9. The summed E-state index contributed by atoms with van der Waals surface area (Å²) in [5, 5.41) is 20.8. The van der Waals surface area contributed by atoms with E-state index in [1.54, 1.807) is 25.3 Å². The van der Waals surface area contributed by atoms with Gasteiger partial charge in [-0.3, -0.25) is 19.5 Å². The zero-order valence-electron chi connectivity index (χ0n) is 19.8. The van der Waals surface area contributed by atoms with E-state index in [4.69, 9.17) is 4.74 Å². The van der Waals surface area contributed by atoms with E-state index in [1.807, 2.05) is 33.7 Å². The van der Waals surface area contributed by atoms with Crippen molar-refractivity contribution < 1.29 is 14.5 Å². The molecule has 2 aromatic carbocycles. The smallest absolute Gasteiger partial charge is 0.280 e. The highest BCUT2D eigenvalue weighted by Crippen LogP contribution is 2.32. The lowest BCUT2D eigenvalue weighted by molar-refractivity contribution is -0.384. The van der Waals surface area contributed by atoms with Crippen LogP contribution in [0.15, 0.2) is 53.7 Å². The van der Waals surface area contributed by atoms with E-state index < -0.39 is 4.92 Å². The van der Waals surface area contributed by atoms with E-state index in [1.165, 1.54) is 17.8 Å². The van der Waals surface area contributed by atoms with Gasteiger partial charge in [0.05, 0.1) is 23.6 Å². The van der Waals surface area contributed by atoms with E-state index in [-0.39, 0.29) is 11.6 Å². The fourth-order valence-electron chi connectivity index (χ4n) is 3.98. The van der Waals surface area contributed by atoms with E-state index in [0.717, 1.165) is 18.7 Å². The molecule has 0 saturated carbocycles. The number of carbonyl (C=O) groups is 1. The van der Waals surface area contributed by atoms with Gasteiger partial charge >= 0.3 is 0 Å². The summed E-state index contributed by atoms with van der Waals surface area (Å²) >= 11 is 1.44. The summed E-state index contributed by atoms with van der Waals surface area (Å²) in [6.45, 7) is 3.98. The number of hydrogen-bond donors (Lipinski definition) is 0. The number of likely N-dealkylation sites (N-methyl/N-ethyl adjacent to an activating group) is 1. The molecular weight excluding hydrogens is 468 g/mol. The molecule has 10 nitrogen and oxygen atoms in total. The van der Waals surface area contributed by atoms with Gasteiger partial charge in [0, 0.05) is 50.7 Å². The van der Waals surface area contributed by atoms with E-state index in [0.29, 0.717) is 54.1 Å². The predicted molar refractivity (Wildman–Crippen MR) is 133 cm³/mol. The van der Waals surface area contributed by atoms with Crippen molar-refractivity contribution in [1.82, 2.24) is 24.6 Å². The highest BCUT2D eigenvalue weighted by atomic mass is 32.2. The Labute approximate surface area is 208 Å². The quantitative estimate of drug-likeness (QED) is 0.253. The van der Waals surface area contributed by atoms with Crippen LogP contribution in [0.4, 0.5) is 5.69 Å². The van der Waals surface area contributed by atoms with Gasteiger partial charge in [0.15, 0.2) is 11.0 Å². The molecule has 1 aromatic heterocycles. The maximum Gasteiger partial charge on any atom is 0.280 e. The number of ether oxygens (including phenoxy) is 1. The predicted octanol–water partition coefficient (Wildman–Crippen LogP) is 3.18. The average Bonchev–Trinajstić information content (AvgIpc) is 3.28. The summed E-state index contributed by atoms with van der Waals surface area (Å²) in [6.07, 6.45) is 0. The van der Waals surface area contributed by atoms with Crippen molar-refractivity contribution >= 4 is 23.4 Å². The normalized spacial score (nSPS) is 14.3. The van der Waals surface area contributed by atoms with Crippen LogP contribution in [0.1, 0.15) is 15.9 Å². The lowest BCUT2D eigenvalue weighted by Gasteiger charge is -2.32. The number of methoxy groups -OCH3 is 1. The summed E-state index contributed by atoms with van der Waals surface area (Å²) in [5.41, 5.74) is 1.97. The molecule has 0 spiro atoms. The Morgan fingerprint density at radius 2 is 1.80 bits per heavy atom. The molecule has 0 radical (unpaired) electrons. The minimum absolute atomic E-state index is 0.0294. The van der Waals surface area contributed by atoms with Gasteiger partial charge < -0.3 is 14.5 Å². The highest BCUT2D eigenvalue weighted by Gasteiger charge is 2.24. The molecule has 1 aliphatic heterocycles. The van der Waals surface area contributed by atoms with Crippen LogP contribution in [0.2, 0.25) is 0 Å². The molecule has 1 fully saturated rings. The zero-order chi connectivity index (χ0) is 24.8. The molecule has 0 atom stereocenters. The maximum absolute atomic E-state index is 13.2. The third-order valence-electron chi connectivity index (χ3n) is 5.97. The second-order valence-corrected chi connectivity index (χ2v) is 9.21. The van der Waals surface area contributed by atoms with Crippen molar-refractivity contribution in [2.75, 3.05) is 46.9 Å². The van der Waals surface area contributed by atoms with Crippen LogP contribution in [0.3, 0.4) is 0 Å². The number of benzene rings is 2. The molecule has 1 amide bonds. The molecule has 0 unspecified atom stereocenters. The summed E-state index contributed by atoms with van der Waals surface area (Å²) in [7, 11) is 3.66. The largest absolute Gasteiger partial charge is 0.383 e. The minimum atomic E-state index is -0.419. The molecule has 11 heteroatoms. The van der Waals surface area contributed by atoms with Gasteiger partial charge in [0.25, 0.3) is 11.6 Å². The molecule has 1 saturated heterocycles. The topological polar surface area (TPSA) is 107 Å². The number of nitrogens with zero attached hydrogens (tertiary/aromatic N) is 6. The van der Waals surface area contributed by atoms with Crippen molar-refractivity contribution in [3.8, 4) is 11.4 Å². The monoisotopic (exact) mass is 496 g/mol. The number of amides is 1. The molecule has 4 rings (SSSR count). The van der Waals surface area contributed by atoms with Gasteiger partial charge in [-0.1, -0.05) is 42.1 Å². The number of thioether (sulfide) groups is 1. The molecule has 35 heavy (non-hydrogen) atoms. The Hall–Kier alpha value is -3.28. The first-order valence-corrected chi connectivity index (χ1v) is 12.3. The van der Waals surface area contributed by atoms with Crippen molar-refractivity contribution in [2.24, 2.45) is 0 Å². The maximum atomic E-state index is 13.2. The molecule has 2 heterocycles. The Morgan fingerprint density at radius 1 is 1.09 bits per heavy atom. The van der Waals surface area contributed by atoms with Gasteiger partial charge in [-0.15, -0.1) is 10.2 Å². The number of para-hydroxylation sites is 1. The van der Waals surface area contributed by atoms with Crippen molar-refractivity contribution in [2.45, 2.75) is 17.5 Å². The molecule has 184 valence electrons. The summed E-state index contributed by atoms with van der Waals surface area (Å²) in [4.78, 5) is 28.5. The fourth-order valence-corrected chi connectivity index (χ4v) is 4.95. The summed E-state index contributed by atoms with van der Waals surface area (Å²) in [6, 6.07) is 14.1. The average molecular weight is 497 g/mol. The van der Waals surface area contributed by atoms with Crippen LogP contribution in [0.25, 0.3) is 11.4 Å². The molecule has 1 aliphatic rings. The Bertz CT molecular complexity index is 1190. The van der Waals surface area contributed by atoms with Crippen LogP contribution in [0.5, 0.6) is 0 Å². The Morgan fingerprint density at radius 3 is 2.54 bits per heavy atom. The van der Waals surface area contributed by atoms with Gasteiger partial charge in [-0.05, 0) is 24.7 Å². The van der Waals surface area contributed by atoms with Crippen molar-refractivity contribution in [3.05, 3.63) is 69.8 Å². The van der Waals surface area contributed by atoms with E-state index in [9.17, 15) is 14.9 Å². The van der Waals surface area contributed by atoms with Crippen LogP contribution in [0, 0.1) is 10.1 Å². The van der Waals surface area contributed by atoms with Crippen molar-refractivity contribution in [3.63, 3.8) is 0 Å². The van der Waals surface area contributed by atoms with Crippen LogP contribution >= 0.6 is 11.8 Å². The highest BCUT2D eigenvalue weighted by molar-refractivity contribution is 7.98. The number of hydrogen-bond acceptors (Lipinski definition) is 8. The third kappa shape index (κ3) is 5.69. The number of aromatic nitrogens is 3. The molecule has 0 N–H and O–H groups in total. The van der Waals surface area contributed by atoms with Crippen LogP contribution in [-0.4, -0.2) is 82.3 Å². The second kappa shape index (κ2) is 11.4. The first-order valence-electron chi connectivity index (χ1n) is 11.3. The van der Waals surface area contributed by atoms with Crippen LogP contribution < -0.4 is 0 Å². The van der Waals surface area contributed by atoms with Gasteiger partial charge in [0.2, 0.25) is 0 Å². The zero-order valence-corrected chi connectivity index (χ0v) is 20.6. The second-order valence-electron chi connectivity index (χ2n) is 8.27. The van der Waals surface area contributed by atoms with Crippen LogP contribution in [-0.2, 0) is 17.0 Å². The lowest BCUT2D eigenvalue weighted by Crippen LogP contribution is -2.47. The summed E-state index contributed by atoms with van der Waals surface area (Å²) in [5.74, 6) is 0.965. The lowest BCUT2D eigenvalue weighted by atomic mass is 10.1. The van der Waals surface area contributed by atoms with Crippen molar-refractivity contribution in [1.29, 1.82) is 0 Å². The molecular formula is C24H28N6O4S. The Balaban J connectivity index is 1.58. The number of carbonyl (C=O) groups excluding carboxylic acids is 1. The Kier molecular flexibility index (Phi) is 8.11. The molecule has 0 aliphatic carbocycles. The fraction of sp³-hybridized carbons (Fsp3) is 0.375. The van der Waals surface area contributed by atoms with Gasteiger partial charge in [0.1, 0.15) is 0 Å². The van der Waals surface area contributed by atoms with Gasteiger partial charge in [-0.25, -0.2) is 0 Å². The third-order valence-corrected chi connectivity index (χ3v) is 6.99. The SMILES string of the molecule is COCCn1c(SCc2ccccc2C(=O)N2CCN(C)CC2)nnc1-c1ccccc1[N+](=O)[O-]. The summed E-state index contributed by atoms with van der Waals surface area (Å²) < 4.78 is 7.09.